The summed E-state index contributed by atoms with van der Waals surface area (Å²) in [5.41, 5.74) is 7.47. The summed E-state index contributed by atoms with van der Waals surface area (Å²) < 4.78 is 6.42. The van der Waals surface area contributed by atoms with E-state index in [9.17, 15) is 5.26 Å². The Morgan fingerprint density at radius 1 is 0.419 bits per heavy atom. The van der Waals surface area contributed by atoms with E-state index in [4.69, 9.17) is 4.74 Å². The summed E-state index contributed by atoms with van der Waals surface area (Å²) in [6.45, 7) is 0. The van der Waals surface area contributed by atoms with Crippen LogP contribution in [0.1, 0.15) is 5.56 Å². The fourth-order valence-corrected chi connectivity index (χ4v) is 6.85. The van der Waals surface area contributed by atoms with Gasteiger partial charge in [-0.25, -0.2) is 0 Å². The molecule has 2 heteroatoms. The van der Waals surface area contributed by atoms with Gasteiger partial charge in [0.2, 0.25) is 0 Å². The number of benzene rings is 8. The Balaban J connectivity index is 1.15. The summed E-state index contributed by atoms with van der Waals surface area (Å²) in [4.78, 5) is 0. The van der Waals surface area contributed by atoms with Gasteiger partial charge in [0.1, 0.15) is 11.5 Å². The highest BCUT2D eigenvalue weighted by atomic mass is 16.5. The van der Waals surface area contributed by atoms with Crippen LogP contribution in [0.2, 0.25) is 0 Å². The van der Waals surface area contributed by atoms with E-state index in [1.54, 1.807) is 0 Å². The Labute approximate surface area is 248 Å². The van der Waals surface area contributed by atoms with Gasteiger partial charge < -0.3 is 4.74 Å². The van der Waals surface area contributed by atoms with Gasteiger partial charge in [-0.05, 0) is 90.5 Å². The van der Waals surface area contributed by atoms with Crippen LogP contribution >= 0.6 is 0 Å². The molecule has 0 saturated heterocycles. The number of rotatable bonds is 2. The molecule has 1 aliphatic heterocycles. The summed E-state index contributed by atoms with van der Waals surface area (Å²) in [5, 5.41) is 19.2. The number of ether oxygens (including phenoxy) is 1. The van der Waals surface area contributed by atoms with Crippen LogP contribution in [-0.2, 0) is 0 Å². The molecule has 0 atom stereocenters. The number of hydrogen-bond donors (Lipinski definition) is 0. The monoisotopic (exact) mass is 545 g/mol. The maximum atomic E-state index is 9.61. The van der Waals surface area contributed by atoms with Gasteiger partial charge in [-0.1, -0.05) is 109 Å². The largest absolute Gasteiger partial charge is 0.456 e. The molecule has 0 aromatic heterocycles. The molecule has 1 heterocycles. The molecule has 9 rings (SSSR count). The minimum absolute atomic E-state index is 0.664. The molecule has 0 N–H and O–H groups in total. The molecule has 2 nitrogen and oxygen atoms in total. The zero-order valence-electron chi connectivity index (χ0n) is 23.1. The average molecular weight is 546 g/mol. The highest BCUT2D eigenvalue weighted by molar-refractivity contribution is 6.21. The quantitative estimate of drug-likeness (QED) is 0.202. The van der Waals surface area contributed by atoms with E-state index in [2.05, 4.69) is 115 Å². The Morgan fingerprint density at radius 3 is 1.98 bits per heavy atom. The normalized spacial score (nSPS) is 11.9. The molecule has 198 valence electrons. The van der Waals surface area contributed by atoms with Crippen molar-refractivity contribution in [2.24, 2.45) is 0 Å². The molecule has 0 saturated carbocycles. The second-order valence-corrected chi connectivity index (χ2v) is 11.2. The van der Waals surface area contributed by atoms with Gasteiger partial charge >= 0.3 is 0 Å². The average Bonchev–Trinajstić information content (AvgIpc) is 3.07. The Morgan fingerprint density at radius 2 is 1.12 bits per heavy atom. The molecule has 0 bridgehead atoms. The van der Waals surface area contributed by atoms with Crippen molar-refractivity contribution in [3.63, 3.8) is 0 Å². The van der Waals surface area contributed by atoms with E-state index in [0.717, 1.165) is 44.5 Å². The number of hydrogen-bond acceptors (Lipinski definition) is 2. The van der Waals surface area contributed by atoms with E-state index < -0.39 is 0 Å². The minimum atomic E-state index is 0.664. The fourth-order valence-electron chi connectivity index (χ4n) is 6.85. The smallest absolute Gasteiger partial charge is 0.135 e. The van der Waals surface area contributed by atoms with Gasteiger partial charge in [0.15, 0.2) is 0 Å². The van der Waals surface area contributed by atoms with Gasteiger partial charge in [0, 0.05) is 16.3 Å². The molecule has 8 aromatic rings. The zero-order chi connectivity index (χ0) is 28.5. The van der Waals surface area contributed by atoms with Gasteiger partial charge in [0.25, 0.3) is 0 Å². The fraction of sp³-hybridized carbons (Fsp3) is 0. The lowest BCUT2D eigenvalue weighted by atomic mass is 9.89. The zero-order valence-corrected chi connectivity index (χ0v) is 23.1. The molecule has 0 spiro atoms. The lowest BCUT2D eigenvalue weighted by Crippen LogP contribution is -1.98. The summed E-state index contributed by atoms with van der Waals surface area (Å²) in [5.74, 6) is 1.62. The first-order valence-electron chi connectivity index (χ1n) is 14.5. The molecule has 43 heavy (non-hydrogen) atoms. The minimum Gasteiger partial charge on any atom is -0.456 e. The molecule has 0 amide bonds. The third kappa shape index (κ3) is 3.52. The van der Waals surface area contributed by atoms with Gasteiger partial charge in [-0.15, -0.1) is 0 Å². The highest BCUT2D eigenvalue weighted by Crippen LogP contribution is 2.48. The third-order valence-corrected chi connectivity index (χ3v) is 8.91. The molecule has 1 aliphatic rings. The van der Waals surface area contributed by atoms with E-state index in [1.807, 2.05) is 30.3 Å². The van der Waals surface area contributed by atoms with Gasteiger partial charge in [-0.2, -0.15) is 5.26 Å². The Bertz CT molecular complexity index is 2480. The van der Waals surface area contributed by atoms with Crippen molar-refractivity contribution in [2.75, 3.05) is 0 Å². The summed E-state index contributed by atoms with van der Waals surface area (Å²) in [7, 11) is 0. The SMILES string of the molecule is N#Cc1ccc2c3c(cccc13)Oc1cc(-c3ccc(-c4cc5c6ccccc6ccc5c5ccccc45)cc3)ccc1-2. The Hall–Kier alpha value is -5.91. The van der Waals surface area contributed by atoms with Crippen molar-refractivity contribution in [1.82, 2.24) is 0 Å². The van der Waals surface area contributed by atoms with Crippen LogP contribution in [0.3, 0.4) is 0 Å². The molecular weight excluding hydrogens is 522 g/mol. The maximum Gasteiger partial charge on any atom is 0.135 e. The summed E-state index contributed by atoms with van der Waals surface area (Å²) in [6, 6.07) is 51.7. The van der Waals surface area contributed by atoms with Crippen LogP contribution in [0.25, 0.3) is 76.5 Å². The van der Waals surface area contributed by atoms with Crippen LogP contribution in [-0.4, -0.2) is 0 Å². The molecule has 8 aromatic carbocycles. The Kier molecular flexibility index (Phi) is 5.00. The van der Waals surface area contributed by atoms with E-state index in [1.165, 1.54) is 43.4 Å². The first-order valence-corrected chi connectivity index (χ1v) is 14.5. The van der Waals surface area contributed by atoms with Crippen LogP contribution in [0.15, 0.2) is 140 Å². The third-order valence-electron chi connectivity index (χ3n) is 8.91. The van der Waals surface area contributed by atoms with Crippen molar-refractivity contribution < 1.29 is 4.74 Å². The van der Waals surface area contributed by atoms with Crippen molar-refractivity contribution in [2.45, 2.75) is 0 Å². The predicted molar refractivity (Wildman–Crippen MR) is 178 cm³/mol. The van der Waals surface area contributed by atoms with Crippen molar-refractivity contribution in [1.29, 1.82) is 5.26 Å². The predicted octanol–water partition coefficient (Wildman–Crippen LogP) is 11.3. The van der Waals surface area contributed by atoms with Crippen molar-refractivity contribution >= 4 is 43.1 Å². The molecule has 0 radical (unpaired) electrons. The van der Waals surface area contributed by atoms with Crippen LogP contribution in [0, 0.1) is 11.3 Å². The topological polar surface area (TPSA) is 33.0 Å². The second kappa shape index (κ2) is 9.05. The van der Waals surface area contributed by atoms with E-state index >= 15 is 0 Å². The van der Waals surface area contributed by atoms with Crippen molar-refractivity contribution in [3.8, 4) is 50.9 Å². The molecule has 0 aliphatic carbocycles. The lowest BCUT2D eigenvalue weighted by Gasteiger charge is -2.22. The standard InChI is InChI=1S/C41H23NO/c42-24-29-18-21-36-35-20-17-28(22-40(35)43-39-11-5-10-31(29)41(36)39)25-12-14-27(15-13-25)37-23-38-30-7-2-1-6-26(30)16-19-34(38)32-8-3-4-9-33(32)37/h1-23H. The molecular formula is C41H23NO. The lowest BCUT2D eigenvalue weighted by molar-refractivity contribution is 0.487. The van der Waals surface area contributed by atoms with Crippen LogP contribution in [0.5, 0.6) is 11.5 Å². The first kappa shape index (κ1) is 23.8. The van der Waals surface area contributed by atoms with Gasteiger partial charge in [0.05, 0.1) is 11.6 Å². The maximum absolute atomic E-state index is 9.61. The highest BCUT2D eigenvalue weighted by Gasteiger charge is 2.22. The van der Waals surface area contributed by atoms with E-state index in [0.29, 0.717) is 5.56 Å². The molecule has 0 unspecified atom stereocenters. The summed E-state index contributed by atoms with van der Waals surface area (Å²) >= 11 is 0. The van der Waals surface area contributed by atoms with E-state index in [-0.39, 0.29) is 0 Å². The first-order chi connectivity index (χ1) is 21.3. The number of nitriles is 1. The second-order valence-electron chi connectivity index (χ2n) is 11.2. The van der Waals surface area contributed by atoms with Gasteiger partial charge in [-0.3, -0.25) is 0 Å². The number of fused-ring (bicyclic) bond motifs is 7. The van der Waals surface area contributed by atoms with Crippen LogP contribution in [0.4, 0.5) is 0 Å². The molecule has 0 fully saturated rings. The number of nitrogens with zero attached hydrogens (tertiary/aromatic N) is 1. The summed E-state index contributed by atoms with van der Waals surface area (Å²) in [6.07, 6.45) is 0. The van der Waals surface area contributed by atoms with Crippen molar-refractivity contribution in [3.05, 3.63) is 145 Å². The van der Waals surface area contributed by atoms with Crippen LogP contribution < -0.4 is 4.74 Å².